The van der Waals surface area contributed by atoms with E-state index in [0.29, 0.717) is 23.4 Å². The van der Waals surface area contributed by atoms with Crippen LogP contribution in [0.25, 0.3) is 6.08 Å². The molecule has 0 spiro atoms. The van der Waals surface area contributed by atoms with Crippen molar-refractivity contribution in [2.75, 3.05) is 13.7 Å². The van der Waals surface area contributed by atoms with Crippen molar-refractivity contribution in [1.29, 1.82) is 0 Å². The maximum absolute atomic E-state index is 13.2. The molecule has 0 saturated carbocycles. The predicted octanol–water partition coefficient (Wildman–Crippen LogP) is 4.39. The molecule has 142 valence electrons. The first-order valence-electron chi connectivity index (χ1n) is 9.28. The molecule has 0 atom stereocenters. The standard InChI is InChI=1S/C22H24FNO3/c1-15-20(22(26)27-2)19(14-17-8-10-18(23)11-9-17)21(25)24(15)13-12-16-6-4-3-5-7-16/h6,8-11,14H,3-5,7,12-13H2,1-2H3/b19-14-. The van der Waals surface area contributed by atoms with Gasteiger partial charge in [0.25, 0.3) is 5.91 Å². The van der Waals surface area contributed by atoms with E-state index in [2.05, 4.69) is 6.08 Å². The molecule has 3 rings (SSSR count). The van der Waals surface area contributed by atoms with Gasteiger partial charge in [-0.15, -0.1) is 0 Å². The van der Waals surface area contributed by atoms with E-state index >= 15 is 0 Å². The second-order valence-electron chi connectivity index (χ2n) is 6.88. The fourth-order valence-corrected chi connectivity index (χ4v) is 3.61. The van der Waals surface area contributed by atoms with Crippen molar-refractivity contribution >= 4 is 18.0 Å². The lowest BCUT2D eigenvalue weighted by Crippen LogP contribution is -2.26. The average Bonchev–Trinajstić information content (AvgIpc) is 2.92. The number of esters is 1. The monoisotopic (exact) mass is 369 g/mol. The molecule has 0 bridgehead atoms. The van der Waals surface area contributed by atoms with Crippen molar-refractivity contribution in [3.8, 4) is 0 Å². The Balaban J connectivity index is 1.88. The van der Waals surface area contributed by atoms with E-state index < -0.39 is 5.97 Å². The minimum Gasteiger partial charge on any atom is -0.465 e. The van der Waals surface area contributed by atoms with Gasteiger partial charge in [-0.2, -0.15) is 0 Å². The van der Waals surface area contributed by atoms with E-state index in [1.807, 2.05) is 0 Å². The Morgan fingerprint density at radius 2 is 2.00 bits per heavy atom. The van der Waals surface area contributed by atoms with Gasteiger partial charge in [-0.1, -0.05) is 23.8 Å². The van der Waals surface area contributed by atoms with E-state index in [1.165, 1.54) is 37.7 Å². The molecule has 0 saturated heterocycles. The van der Waals surface area contributed by atoms with E-state index in [4.69, 9.17) is 4.74 Å². The maximum atomic E-state index is 13.2. The number of allylic oxidation sites excluding steroid dienone is 2. The van der Waals surface area contributed by atoms with Gasteiger partial charge in [0.1, 0.15) is 5.82 Å². The number of rotatable bonds is 5. The summed E-state index contributed by atoms with van der Waals surface area (Å²) in [6.45, 7) is 2.31. The second-order valence-corrected chi connectivity index (χ2v) is 6.88. The third-order valence-corrected chi connectivity index (χ3v) is 5.12. The molecule has 4 nitrogen and oxygen atoms in total. The molecule has 1 aromatic rings. The van der Waals surface area contributed by atoms with E-state index in [9.17, 15) is 14.0 Å². The first kappa shape index (κ1) is 19.1. The van der Waals surface area contributed by atoms with Crippen molar-refractivity contribution in [2.45, 2.75) is 39.0 Å². The number of hydrogen-bond acceptors (Lipinski definition) is 3. The quantitative estimate of drug-likeness (QED) is 0.439. The minimum absolute atomic E-state index is 0.214. The lowest BCUT2D eigenvalue weighted by atomic mass is 9.97. The van der Waals surface area contributed by atoms with Crippen LogP contribution in [0.5, 0.6) is 0 Å². The number of carbonyl (C=O) groups is 2. The molecule has 1 aliphatic carbocycles. The van der Waals surface area contributed by atoms with Crippen molar-refractivity contribution in [1.82, 2.24) is 4.90 Å². The van der Waals surface area contributed by atoms with Crippen molar-refractivity contribution in [3.05, 3.63) is 64.1 Å². The Morgan fingerprint density at radius 3 is 2.63 bits per heavy atom. The highest BCUT2D eigenvalue weighted by molar-refractivity contribution is 6.16. The summed E-state index contributed by atoms with van der Waals surface area (Å²) in [5.41, 5.74) is 3.22. The van der Waals surface area contributed by atoms with Crippen molar-refractivity contribution < 1.29 is 18.7 Å². The molecule has 2 aliphatic rings. The van der Waals surface area contributed by atoms with Crippen LogP contribution in [0.15, 0.2) is 52.8 Å². The fourth-order valence-electron chi connectivity index (χ4n) is 3.61. The second kappa shape index (κ2) is 8.33. The largest absolute Gasteiger partial charge is 0.465 e. The normalized spacial score (nSPS) is 18.9. The van der Waals surface area contributed by atoms with Gasteiger partial charge in [-0.3, -0.25) is 4.79 Å². The van der Waals surface area contributed by atoms with E-state index in [1.54, 1.807) is 30.0 Å². The maximum Gasteiger partial charge on any atom is 0.340 e. The summed E-state index contributed by atoms with van der Waals surface area (Å²) in [6.07, 6.45) is 9.28. The highest BCUT2D eigenvalue weighted by Crippen LogP contribution is 2.32. The third kappa shape index (κ3) is 4.18. The molecule has 0 aromatic heterocycles. The highest BCUT2D eigenvalue weighted by Gasteiger charge is 2.36. The molecule has 0 radical (unpaired) electrons. The van der Waals surface area contributed by atoms with Gasteiger partial charge in [-0.05, 0) is 62.8 Å². The summed E-state index contributed by atoms with van der Waals surface area (Å²) < 4.78 is 18.0. The van der Waals surface area contributed by atoms with E-state index in [-0.39, 0.29) is 17.3 Å². The smallest absolute Gasteiger partial charge is 0.340 e. The highest BCUT2D eigenvalue weighted by atomic mass is 19.1. The summed E-state index contributed by atoms with van der Waals surface area (Å²) in [4.78, 5) is 27.0. The van der Waals surface area contributed by atoms with Gasteiger partial charge in [0.05, 0.1) is 18.3 Å². The predicted molar refractivity (Wildman–Crippen MR) is 102 cm³/mol. The summed E-state index contributed by atoms with van der Waals surface area (Å²) in [7, 11) is 1.30. The van der Waals surface area contributed by atoms with Gasteiger partial charge in [-0.25, -0.2) is 9.18 Å². The van der Waals surface area contributed by atoms with Crippen LogP contribution in [0.4, 0.5) is 4.39 Å². The lowest BCUT2D eigenvalue weighted by Gasteiger charge is -2.20. The van der Waals surface area contributed by atoms with Crippen LogP contribution in [-0.4, -0.2) is 30.4 Å². The number of benzene rings is 1. The molecule has 1 aromatic carbocycles. The van der Waals surface area contributed by atoms with Gasteiger partial charge in [0.15, 0.2) is 0 Å². The van der Waals surface area contributed by atoms with Crippen LogP contribution in [0.1, 0.15) is 44.6 Å². The molecule has 0 N–H and O–H groups in total. The van der Waals surface area contributed by atoms with Gasteiger partial charge in [0, 0.05) is 12.2 Å². The number of halogens is 1. The Bertz CT molecular complexity index is 834. The fraction of sp³-hybridized carbons (Fsp3) is 0.364. The first-order valence-corrected chi connectivity index (χ1v) is 9.28. The Hall–Kier alpha value is -2.69. The van der Waals surface area contributed by atoms with Gasteiger partial charge < -0.3 is 9.64 Å². The van der Waals surface area contributed by atoms with Crippen LogP contribution in [-0.2, 0) is 14.3 Å². The van der Waals surface area contributed by atoms with Crippen molar-refractivity contribution in [2.24, 2.45) is 0 Å². The summed E-state index contributed by atoms with van der Waals surface area (Å²) in [5, 5.41) is 0. The third-order valence-electron chi connectivity index (χ3n) is 5.12. The number of nitrogens with zero attached hydrogens (tertiary/aromatic N) is 1. The average molecular weight is 369 g/mol. The van der Waals surface area contributed by atoms with Crippen LogP contribution < -0.4 is 0 Å². The molecule has 27 heavy (non-hydrogen) atoms. The van der Waals surface area contributed by atoms with Crippen LogP contribution in [0.3, 0.4) is 0 Å². The summed E-state index contributed by atoms with van der Waals surface area (Å²) >= 11 is 0. The molecule has 5 heteroatoms. The number of ether oxygens (including phenoxy) is 1. The molecule has 0 unspecified atom stereocenters. The van der Waals surface area contributed by atoms with Gasteiger partial charge in [0.2, 0.25) is 0 Å². The zero-order valence-electron chi connectivity index (χ0n) is 15.8. The van der Waals surface area contributed by atoms with Gasteiger partial charge >= 0.3 is 5.97 Å². The number of carbonyl (C=O) groups excluding carboxylic acids is 2. The summed E-state index contributed by atoms with van der Waals surface area (Å²) in [6, 6.07) is 5.81. The number of hydrogen-bond donors (Lipinski definition) is 0. The molecule has 1 heterocycles. The molecule has 0 fully saturated rings. The van der Waals surface area contributed by atoms with Crippen LogP contribution >= 0.6 is 0 Å². The van der Waals surface area contributed by atoms with Crippen LogP contribution in [0.2, 0.25) is 0 Å². The lowest BCUT2D eigenvalue weighted by molar-refractivity contribution is -0.136. The number of methoxy groups -OCH3 is 1. The SMILES string of the molecule is COC(=O)C1=C(C)N(CCC2=CCCCC2)C(=O)/C1=C\c1ccc(F)cc1. The Kier molecular flexibility index (Phi) is 5.89. The van der Waals surface area contributed by atoms with Crippen LogP contribution in [0, 0.1) is 5.82 Å². The minimum atomic E-state index is -0.534. The molecular weight excluding hydrogens is 345 g/mol. The first-order chi connectivity index (χ1) is 13.0. The number of amides is 1. The van der Waals surface area contributed by atoms with Crippen molar-refractivity contribution in [3.63, 3.8) is 0 Å². The zero-order valence-corrected chi connectivity index (χ0v) is 15.8. The summed E-state index contributed by atoms with van der Waals surface area (Å²) in [5.74, 6) is -1.10. The van der Waals surface area contributed by atoms with E-state index in [0.717, 1.165) is 19.3 Å². The molecular formula is C22H24FNO3. The molecule has 1 amide bonds. The Morgan fingerprint density at radius 1 is 1.26 bits per heavy atom. The Labute approximate surface area is 159 Å². The molecule has 1 aliphatic heterocycles. The topological polar surface area (TPSA) is 46.6 Å². The zero-order chi connectivity index (χ0) is 19.4.